The topological polar surface area (TPSA) is 71.4 Å². The van der Waals surface area contributed by atoms with E-state index in [9.17, 15) is 18.3 Å². The molecular weight excluding hydrogens is 252 g/mol. The van der Waals surface area contributed by atoms with Gasteiger partial charge in [-0.2, -0.15) is 0 Å². The Morgan fingerprint density at radius 2 is 2.06 bits per heavy atom. The van der Waals surface area contributed by atoms with Gasteiger partial charge in [0.2, 0.25) is 0 Å². The van der Waals surface area contributed by atoms with Gasteiger partial charge in [-0.3, -0.25) is 4.79 Å². The van der Waals surface area contributed by atoms with Crippen molar-refractivity contribution in [1.82, 2.24) is 0 Å². The summed E-state index contributed by atoms with van der Waals surface area (Å²) in [5.74, 6) is -1.28. The number of aliphatic carboxylic acids is 1. The maximum absolute atomic E-state index is 11.6. The van der Waals surface area contributed by atoms with Crippen molar-refractivity contribution in [1.29, 1.82) is 0 Å². The van der Waals surface area contributed by atoms with Crippen LogP contribution in [-0.4, -0.2) is 31.0 Å². The van der Waals surface area contributed by atoms with Gasteiger partial charge in [0.15, 0.2) is 9.84 Å². The summed E-state index contributed by atoms with van der Waals surface area (Å²) in [6.45, 7) is 1.91. The fourth-order valence-electron chi connectivity index (χ4n) is 2.47. The first-order valence-electron chi connectivity index (χ1n) is 5.83. The zero-order valence-electron chi connectivity index (χ0n) is 10.2. The van der Waals surface area contributed by atoms with Gasteiger partial charge >= 0.3 is 5.97 Å². The summed E-state index contributed by atoms with van der Waals surface area (Å²) in [7, 11) is -3.21. The SMILES string of the molecule is Cc1ccccc1CC1(C(=O)O)CCS(=O)(=O)C1. The Morgan fingerprint density at radius 1 is 1.39 bits per heavy atom. The molecule has 0 saturated carbocycles. The summed E-state index contributed by atoms with van der Waals surface area (Å²) in [4.78, 5) is 11.5. The van der Waals surface area contributed by atoms with Gasteiger partial charge in [-0.05, 0) is 30.9 Å². The van der Waals surface area contributed by atoms with E-state index in [1.165, 1.54) is 0 Å². The number of benzene rings is 1. The largest absolute Gasteiger partial charge is 0.481 e. The summed E-state index contributed by atoms with van der Waals surface area (Å²) in [5, 5.41) is 9.38. The molecule has 1 aliphatic rings. The van der Waals surface area contributed by atoms with E-state index in [2.05, 4.69) is 0 Å². The van der Waals surface area contributed by atoms with Crippen molar-refractivity contribution in [3.8, 4) is 0 Å². The Kier molecular flexibility index (Phi) is 3.19. The second kappa shape index (κ2) is 4.39. The Labute approximate surface area is 107 Å². The lowest BCUT2D eigenvalue weighted by Crippen LogP contribution is -2.34. The van der Waals surface area contributed by atoms with Crippen LogP contribution in [0.3, 0.4) is 0 Å². The van der Waals surface area contributed by atoms with E-state index in [1.54, 1.807) is 0 Å². The first-order valence-corrected chi connectivity index (χ1v) is 7.65. The van der Waals surface area contributed by atoms with Crippen LogP contribution in [0.15, 0.2) is 24.3 Å². The number of sulfone groups is 1. The molecule has 0 aromatic heterocycles. The minimum Gasteiger partial charge on any atom is -0.481 e. The minimum absolute atomic E-state index is 0.0226. The molecule has 1 N–H and O–H groups in total. The van der Waals surface area contributed by atoms with E-state index in [0.29, 0.717) is 0 Å². The highest BCUT2D eigenvalue weighted by molar-refractivity contribution is 7.91. The molecule has 0 radical (unpaired) electrons. The monoisotopic (exact) mass is 268 g/mol. The molecule has 1 aromatic rings. The van der Waals surface area contributed by atoms with Gasteiger partial charge in [0.25, 0.3) is 0 Å². The van der Waals surface area contributed by atoms with Crippen molar-refractivity contribution in [2.24, 2.45) is 5.41 Å². The highest BCUT2D eigenvalue weighted by atomic mass is 32.2. The lowest BCUT2D eigenvalue weighted by molar-refractivity contribution is -0.147. The van der Waals surface area contributed by atoms with Gasteiger partial charge in [-0.25, -0.2) is 8.42 Å². The van der Waals surface area contributed by atoms with E-state index >= 15 is 0 Å². The van der Waals surface area contributed by atoms with E-state index in [4.69, 9.17) is 0 Å². The maximum Gasteiger partial charge on any atom is 0.311 e. The molecule has 0 bridgehead atoms. The van der Waals surface area contributed by atoms with Crippen LogP contribution < -0.4 is 0 Å². The van der Waals surface area contributed by atoms with Gasteiger partial charge in [-0.15, -0.1) is 0 Å². The molecule has 1 heterocycles. The molecule has 98 valence electrons. The summed E-state index contributed by atoms with van der Waals surface area (Å²) in [6.07, 6.45) is 0.493. The Hall–Kier alpha value is -1.36. The molecule has 0 aliphatic carbocycles. The fourth-order valence-corrected chi connectivity index (χ4v) is 4.53. The van der Waals surface area contributed by atoms with Crippen LogP contribution >= 0.6 is 0 Å². The molecule has 1 aliphatic heterocycles. The molecular formula is C13H16O4S. The summed E-state index contributed by atoms with van der Waals surface area (Å²) in [6, 6.07) is 7.51. The van der Waals surface area contributed by atoms with E-state index in [1.807, 2.05) is 31.2 Å². The average Bonchev–Trinajstić information content (AvgIpc) is 2.59. The number of aryl methyl sites for hydroxylation is 1. The van der Waals surface area contributed by atoms with Crippen LogP contribution in [0.25, 0.3) is 0 Å². The Bertz CT molecular complexity index is 576. The first kappa shape index (κ1) is 13.1. The molecule has 0 spiro atoms. The first-order chi connectivity index (χ1) is 8.35. The second-order valence-electron chi connectivity index (χ2n) is 5.03. The summed E-state index contributed by atoms with van der Waals surface area (Å²) in [5.41, 5.74) is 0.768. The Morgan fingerprint density at radius 3 is 2.56 bits per heavy atom. The van der Waals surface area contributed by atoms with Crippen LogP contribution in [0.4, 0.5) is 0 Å². The van der Waals surface area contributed by atoms with Crippen molar-refractivity contribution in [3.63, 3.8) is 0 Å². The maximum atomic E-state index is 11.6. The van der Waals surface area contributed by atoms with Crippen LogP contribution in [0.1, 0.15) is 17.5 Å². The number of carbonyl (C=O) groups is 1. The summed E-state index contributed by atoms with van der Waals surface area (Å²) >= 11 is 0. The van der Waals surface area contributed by atoms with Gasteiger partial charge < -0.3 is 5.11 Å². The fraction of sp³-hybridized carbons (Fsp3) is 0.462. The minimum atomic E-state index is -3.21. The standard InChI is InChI=1S/C13H16O4S/c1-10-4-2-3-5-11(10)8-13(12(14)15)6-7-18(16,17)9-13/h2-5H,6-9H2,1H3,(H,14,15). The molecule has 0 amide bonds. The van der Waals surface area contributed by atoms with Gasteiger partial charge in [0, 0.05) is 0 Å². The third-order valence-corrected chi connectivity index (χ3v) is 5.45. The van der Waals surface area contributed by atoms with E-state index < -0.39 is 21.2 Å². The number of rotatable bonds is 3. The van der Waals surface area contributed by atoms with Gasteiger partial charge in [0.1, 0.15) is 0 Å². The van der Waals surface area contributed by atoms with Crippen molar-refractivity contribution in [2.45, 2.75) is 19.8 Å². The summed E-state index contributed by atoms with van der Waals surface area (Å²) < 4.78 is 23.1. The predicted molar refractivity (Wildman–Crippen MR) is 68.2 cm³/mol. The molecule has 4 nitrogen and oxygen atoms in total. The van der Waals surface area contributed by atoms with E-state index in [-0.39, 0.29) is 24.3 Å². The highest BCUT2D eigenvalue weighted by Gasteiger charge is 2.48. The zero-order valence-corrected chi connectivity index (χ0v) is 11.0. The number of carboxylic acids is 1. The Balaban J connectivity index is 2.35. The quantitative estimate of drug-likeness (QED) is 0.900. The molecule has 1 unspecified atom stereocenters. The molecule has 1 saturated heterocycles. The van der Waals surface area contributed by atoms with Crippen molar-refractivity contribution >= 4 is 15.8 Å². The van der Waals surface area contributed by atoms with Gasteiger partial charge in [0.05, 0.1) is 16.9 Å². The number of carboxylic acid groups (broad SMARTS) is 1. The average molecular weight is 268 g/mol. The number of hydrogen-bond acceptors (Lipinski definition) is 3. The van der Waals surface area contributed by atoms with Crippen LogP contribution in [0.2, 0.25) is 0 Å². The molecule has 1 atom stereocenters. The number of hydrogen-bond donors (Lipinski definition) is 1. The molecule has 2 rings (SSSR count). The van der Waals surface area contributed by atoms with Crippen molar-refractivity contribution in [3.05, 3.63) is 35.4 Å². The van der Waals surface area contributed by atoms with Crippen LogP contribution in [0, 0.1) is 12.3 Å². The smallest absolute Gasteiger partial charge is 0.311 e. The van der Waals surface area contributed by atoms with Crippen LogP contribution in [-0.2, 0) is 21.1 Å². The highest BCUT2D eigenvalue weighted by Crippen LogP contribution is 2.36. The normalized spacial score (nSPS) is 26.1. The molecule has 1 fully saturated rings. The lowest BCUT2D eigenvalue weighted by Gasteiger charge is -2.23. The van der Waals surface area contributed by atoms with Crippen LogP contribution in [0.5, 0.6) is 0 Å². The molecule has 1 aromatic carbocycles. The van der Waals surface area contributed by atoms with Gasteiger partial charge in [-0.1, -0.05) is 24.3 Å². The third kappa shape index (κ3) is 2.41. The lowest BCUT2D eigenvalue weighted by atomic mass is 9.80. The third-order valence-electron chi connectivity index (χ3n) is 3.63. The molecule has 5 heteroatoms. The molecule has 18 heavy (non-hydrogen) atoms. The van der Waals surface area contributed by atoms with Crippen molar-refractivity contribution in [2.75, 3.05) is 11.5 Å². The van der Waals surface area contributed by atoms with Crippen molar-refractivity contribution < 1.29 is 18.3 Å². The zero-order chi connectivity index (χ0) is 13.4. The van der Waals surface area contributed by atoms with E-state index in [0.717, 1.165) is 11.1 Å². The second-order valence-corrected chi connectivity index (χ2v) is 7.21. The predicted octanol–water partition coefficient (Wildman–Crippen LogP) is 1.43.